The number of piperidine rings is 1. The summed E-state index contributed by atoms with van der Waals surface area (Å²) in [7, 11) is 3.56. The Labute approximate surface area is 108 Å². The number of methoxy groups -OCH3 is 1. The first-order valence-corrected chi connectivity index (χ1v) is 6.44. The average Bonchev–Trinajstić information content (AvgIpc) is 2.52. The second kappa shape index (κ2) is 4.90. The molecule has 5 nitrogen and oxygen atoms in total. The van der Waals surface area contributed by atoms with E-state index in [2.05, 4.69) is 10.00 Å². The average molecular weight is 253 g/mol. The predicted molar refractivity (Wildman–Crippen MR) is 69.6 cm³/mol. The van der Waals surface area contributed by atoms with Crippen molar-refractivity contribution in [2.75, 3.05) is 20.2 Å². The Morgan fingerprint density at radius 3 is 2.83 bits per heavy atom. The molecule has 1 aliphatic rings. The first-order chi connectivity index (χ1) is 8.43. The summed E-state index contributed by atoms with van der Waals surface area (Å²) in [5, 5.41) is 14.5. The summed E-state index contributed by atoms with van der Waals surface area (Å²) in [6, 6.07) is 0. The minimum absolute atomic E-state index is 0.568. The summed E-state index contributed by atoms with van der Waals surface area (Å²) >= 11 is 0. The summed E-state index contributed by atoms with van der Waals surface area (Å²) in [5.41, 5.74) is 1.55. The molecule has 0 radical (unpaired) electrons. The molecule has 1 aromatic rings. The van der Waals surface area contributed by atoms with E-state index >= 15 is 0 Å². The molecule has 1 atom stereocenters. The lowest BCUT2D eigenvalue weighted by Gasteiger charge is -2.36. The quantitative estimate of drug-likeness (QED) is 0.876. The van der Waals surface area contributed by atoms with Crippen LogP contribution in [-0.4, -0.2) is 45.6 Å². The Hall–Kier alpha value is -1.07. The van der Waals surface area contributed by atoms with Gasteiger partial charge in [0.15, 0.2) is 0 Å². The molecule has 1 aromatic heterocycles. The van der Waals surface area contributed by atoms with E-state index in [0.717, 1.165) is 43.1 Å². The molecule has 102 valence electrons. The fraction of sp³-hybridized carbons (Fsp3) is 0.769. The molecule has 0 spiro atoms. The summed E-state index contributed by atoms with van der Waals surface area (Å²) < 4.78 is 7.17. The zero-order valence-corrected chi connectivity index (χ0v) is 11.7. The monoisotopic (exact) mass is 253 g/mol. The van der Waals surface area contributed by atoms with Crippen molar-refractivity contribution in [3.63, 3.8) is 0 Å². The van der Waals surface area contributed by atoms with Crippen molar-refractivity contribution >= 4 is 0 Å². The molecule has 1 unspecified atom stereocenters. The van der Waals surface area contributed by atoms with Gasteiger partial charge in [0.2, 0.25) is 5.88 Å². The molecule has 2 heterocycles. The van der Waals surface area contributed by atoms with Gasteiger partial charge in [-0.1, -0.05) is 0 Å². The number of aryl methyl sites for hydroxylation is 2. The number of nitrogens with zero attached hydrogens (tertiary/aromatic N) is 3. The summed E-state index contributed by atoms with van der Waals surface area (Å²) in [5.74, 6) is 0.817. The van der Waals surface area contributed by atoms with E-state index in [-0.39, 0.29) is 0 Å². The van der Waals surface area contributed by atoms with E-state index in [0.29, 0.717) is 6.54 Å². The number of aromatic nitrogens is 2. The van der Waals surface area contributed by atoms with Crippen molar-refractivity contribution < 1.29 is 9.84 Å². The van der Waals surface area contributed by atoms with E-state index < -0.39 is 5.60 Å². The highest BCUT2D eigenvalue weighted by atomic mass is 16.5. The molecule has 5 heteroatoms. The lowest BCUT2D eigenvalue weighted by Crippen LogP contribution is -2.45. The van der Waals surface area contributed by atoms with Crippen molar-refractivity contribution in [2.24, 2.45) is 7.05 Å². The fourth-order valence-corrected chi connectivity index (χ4v) is 2.80. The van der Waals surface area contributed by atoms with Crippen LogP contribution in [0.1, 0.15) is 31.0 Å². The van der Waals surface area contributed by atoms with Crippen LogP contribution in [0.4, 0.5) is 0 Å². The third-order valence-electron chi connectivity index (χ3n) is 3.62. The van der Waals surface area contributed by atoms with Crippen LogP contribution in [-0.2, 0) is 13.6 Å². The first-order valence-electron chi connectivity index (χ1n) is 6.44. The van der Waals surface area contributed by atoms with Gasteiger partial charge in [-0.15, -0.1) is 0 Å². The van der Waals surface area contributed by atoms with Crippen molar-refractivity contribution in [2.45, 2.75) is 38.8 Å². The maximum absolute atomic E-state index is 10.1. The maximum Gasteiger partial charge on any atom is 0.216 e. The summed E-state index contributed by atoms with van der Waals surface area (Å²) in [4.78, 5) is 2.27. The molecule has 0 aromatic carbocycles. The molecule has 0 saturated carbocycles. The van der Waals surface area contributed by atoms with Gasteiger partial charge in [0.25, 0.3) is 0 Å². The van der Waals surface area contributed by atoms with Crippen molar-refractivity contribution in [3.8, 4) is 5.88 Å². The smallest absolute Gasteiger partial charge is 0.216 e. The van der Waals surface area contributed by atoms with Gasteiger partial charge < -0.3 is 9.84 Å². The standard InChI is InChI=1S/C13H23N3O2/c1-10-11(12(18-4)15(3)14-10)8-16-7-5-6-13(2,17)9-16/h17H,5-9H2,1-4H3. The van der Waals surface area contributed by atoms with Crippen LogP contribution in [0.15, 0.2) is 0 Å². The molecular formula is C13H23N3O2. The van der Waals surface area contributed by atoms with Gasteiger partial charge in [-0.25, -0.2) is 4.68 Å². The molecule has 1 aliphatic heterocycles. The van der Waals surface area contributed by atoms with E-state index in [1.165, 1.54) is 0 Å². The normalized spacial score (nSPS) is 25.4. The van der Waals surface area contributed by atoms with Crippen LogP contribution in [0, 0.1) is 6.92 Å². The molecule has 0 amide bonds. The zero-order chi connectivity index (χ0) is 13.3. The number of ether oxygens (including phenoxy) is 1. The maximum atomic E-state index is 10.1. The Kier molecular flexibility index (Phi) is 3.64. The van der Waals surface area contributed by atoms with Gasteiger partial charge in [-0.05, 0) is 33.2 Å². The van der Waals surface area contributed by atoms with Gasteiger partial charge in [-0.3, -0.25) is 4.90 Å². The predicted octanol–water partition coefficient (Wildman–Crippen LogP) is 1.08. The second-order valence-electron chi connectivity index (χ2n) is 5.51. The minimum Gasteiger partial charge on any atom is -0.481 e. The SMILES string of the molecule is COc1c(CN2CCCC(C)(O)C2)c(C)nn1C. The lowest BCUT2D eigenvalue weighted by atomic mass is 9.95. The third-order valence-corrected chi connectivity index (χ3v) is 3.62. The molecule has 1 N–H and O–H groups in total. The van der Waals surface area contributed by atoms with E-state index in [9.17, 15) is 5.11 Å². The summed E-state index contributed by atoms with van der Waals surface area (Å²) in [6.07, 6.45) is 1.92. The summed E-state index contributed by atoms with van der Waals surface area (Å²) in [6.45, 7) is 6.43. The van der Waals surface area contributed by atoms with Crippen molar-refractivity contribution in [3.05, 3.63) is 11.3 Å². The zero-order valence-electron chi connectivity index (χ0n) is 11.7. The number of rotatable bonds is 3. The Morgan fingerprint density at radius 1 is 1.50 bits per heavy atom. The Morgan fingerprint density at radius 2 is 2.22 bits per heavy atom. The lowest BCUT2D eigenvalue weighted by molar-refractivity contribution is -0.0183. The fourth-order valence-electron chi connectivity index (χ4n) is 2.80. The van der Waals surface area contributed by atoms with E-state index in [1.807, 2.05) is 20.9 Å². The number of aliphatic hydroxyl groups is 1. The van der Waals surface area contributed by atoms with Crippen molar-refractivity contribution in [1.82, 2.24) is 14.7 Å². The highest BCUT2D eigenvalue weighted by molar-refractivity contribution is 5.30. The van der Waals surface area contributed by atoms with Crippen LogP contribution in [0.5, 0.6) is 5.88 Å². The highest BCUT2D eigenvalue weighted by Crippen LogP contribution is 2.26. The molecule has 1 saturated heterocycles. The van der Waals surface area contributed by atoms with E-state index in [1.54, 1.807) is 11.8 Å². The van der Waals surface area contributed by atoms with Crippen LogP contribution >= 0.6 is 0 Å². The Bertz CT molecular complexity index is 426. The highest BCUT2D eigenvalue weighted by Gasteiger charge is 2.29. The van der Waals surface area contributed by atoms with Gasteiger partial charge in [0.1, 0.15) is 0 Å². The second-order valence-corrected chi connectivity index (χ2v) is 5.51. The molecule has 0 bridgehead atoms. The molecule has 18 heavy (non-hydrogen) atoms. The number of β-amino-alcohol motifs (C(OH)–C–C–N with tert-alkyl or cyclic N) is 1. The first kappa shape index (κ1) is 13.4. The number of hydrogen-bond acceptors (Lipinski definition) is 4. The topological polar surface area (TPSA) is 50.5 Å². The van der Waals surface area contributed by atoms with Gasteiger partial charge in [-0.2, -0.15) is 5.10 Å². The third kappa shape index (κ3) is 2.67. The number of likely N-dealkylation sites (tertiary alicyclic amines) is 1. The van der Waals surface area contributed by atoms with Crippen LogP contribution in [0.2, 0.25) is 0 Å². The van der Waals surface area contributed by atoms with Crippen LogP contribution in [0.25, 0.3) is 0 Å². The largest absolute Gasteiger partial charge is 0.481 e. The van der Waals surface area contributed by atoms with Gasteiger partial charge in [0.05, 0.1) is 24.0 Å². The number of hydrogen-bond donors (Lipinski definition) is 1. The van der Waals surface area contributed by atoms with Crippen molar-refractivity contribution in [1.29, 1.82) is 0 Å². The molecule has 1 fully saturated rings. The van der Waals surface area contributed by atoms with Crippen LogP contribution in [0.3, 0.4) is 0 Å². The molecule has 2 rings (SSSR count). The van der Waals surface area contributed by atoms with E-state index in [4.69, 9.17) is 4.74 Å². The molecule has 0 aliphatic carbocycles. The van der Waals surface area contributed by atoms with Gasteiger partial charge >= 0.3 is 0 Å². The van der Waals surface area contributed by atoms with Gasteiger partial charge in [0, 0.05) is 20.1 Å². The Balaban J connectivity index is 2.14. The minimum atomic E-state index is -0.568. The van der Waals surface area contributed by atoms with Crippen LogP contribution < -0.4 is 4.74 Å². The molecular weight excluding hydrogens is 230 g/mol.